The lowest BCUT2D eigenvalue weighted by Crippen LogP contribution is -2.46. The molecule has 0 aromatic heterocycles. The van der Waals surface area contributed by atoms with Crippen LogP contribution >= 0.6 is 0 Å². The molecule has 2 aliphatic heterocycles. The van der Waals surface area contributed by atoms with Gasteiger partial charge in [0.15, 0.2) is 0 Å². The Balaban J connectivity index is 1.88. The Kier molecular flexibility index (Phi) is 6.02. The fraction of sp³-hybridized carbons (Fsp3) is 0.667. The maximum absolute atomic E-state index is 13.0. The van der Waals surface area contributed by atoms with Gasteiger partial charge in [-0.05, 0) is 37.4 Å². The summed E-state index contributed by atoms with van der Waals surface area (Å²) in [5, 5.41) is 11.7. The van der Waals surface area contributed by atoms with Crippen molar-refractivity contribution in [2.24, 2.45) is 5.92 Å². The van der Waals surface area contributed by atoms with Gasteiger partial charge in [0.1, 0.15) is 5.69 Å². The number of nitrogens with zero attached hydrogens (tertiary/aromatic N) is 4. The minimum atomic E-state index is -3.71. The Morgan fingerprint density at radius 2 is 1.89 bits per heavy atom. The number of piperazine rings is 1. The van der Waals surface area contributed by atoms with Crippen molar-refractivity contribution in [1.82, 2.24) is 9.21 Å². The monoisotopic (exact) mass is 396 g/mol. The molecule has 2 saturated heterocycles. The van der Waals surface area contributed by atoms with Gasteiger partial charge in [0, 0.05) is 45.3 Å². The Morgan fingerprint density at radius 3 is 2.48 bits per heavy atom. The van der Waals surface area contributed by atoms with Crippen LogP contribution in [0.3, 0.4) is 0 Å². The highest BCUT2D eigenvalue weighted by Gasteiger charge is 2.31. The summed E-state index contributed by atoms with van der Waals surface area (Å²) in [4.78, 5) is 15.5. The standard InChI is InChI=1S/C18H28N4O4S/c1-3-19-9-11-20(12-10-19)17-7-6-16(13-18(17)22(23)24)27(25,26)21-8-4-5-15(2)14-21/h6-7,13,15H,3-5,8-12,14H2,1-2H3. The van der Waals surface area contributed by atoms with E-state index in [-0.39, 0.29) is 10.6 Å². The molecule has 0 amide bonds. The van der Waals surface area contributed by atoms with E-state index in [0.29, 0.717) is 37.8 Å². The first-order chi connectivity index (χ1) is 12.8. The molecule has 2 heterocycles. The number of hydrogen-bond donors (Lipinski definition) is 0. The number of nitro benzene ring substituents is 1. The number of rotatable bonds is 5. The van der Waals surface area contributed by atoms with E-state index in [4.69, 9.17) is 0 Å². The molecule has 9 heteroatoms. The number of nitro groups is 1. The molecule has 1 unspecified atom stereocenters. The second-order valence-electron chi connectivity index (χ2n) is 7.44. The van der Waals surface area contributed by atoms with Crippen molar-refractivity contribution in [2.75, 3.05) is 50.7 Å². The summed E-state index contributed by atoms with van der Waals surface area (Å²) in [5.41, 5.74) is 0.368. The van der Waals surface area contributed by atoms with E-state index in [9.17, 15) is 18.5 Å². The molecule has 3 rings (SSSR count). The smallest absolute Gasteiger partial charge is 0.293 e. The van der Waals surface area contributed by atoms with Crippen LogP contribution in [0.15, 0.2) is 23.1 Å². The maximum atomic E-state index is 13.0. The molecule has 0 spiro atoms. The van der Waals surface area contributed by atoms with E-state index >= 15 is 0 Å². The number of benzene rings is 1. The number of hydrogen-bond acceptors (Lipinski definition) is 6. The zero-order valence-corrected chi connectivity index (χ0v) is 16.8. The molecule has 2 fully saturated rings. The highest BCUT2D eigenvalue weighted by Crippen LogP contribution is 2.33. The van der Waals surface area contributed by atoms with E-state index in [0.717, 1.165) is 32.5 Å². The summed E-state index contributed by atoms with van der Waals surface area (Å²) in [6, 6.07) is 4.35. The molecular weight excluding hydrogens is 368 g/mol. The molecule has 0 radical (unpaired) electrons. The lowest BCUT2D eigenvalue weighted by Gasteiger charge is -2.35. The molecule has 0 bridgehead atoms. The second-order valence-corrected chi connectivity index (χ2v) is 9.38. The third-order valence-corrected chi connectivity index (χ3v) is 7.42. The summed E-state index contributed by atoms with van der Waals surface area (Å²) in [6.45, 7) is 9.12. The first-order valence-corrected chi connectivity index (χ1v) is 11.0. The van der Waals surface area contributed by atoms with E-state index in [1.807, 2.05) is 11.8 Å². The number of piperidine rings is 1. The Labute approximate surface area is 160 Å². The first kappa shape index (κ1) is 20.0. The van der Waals surface area contributed by atoms with Crippen LogP contribution in [0.4, 0.5) is 11.4 Å². The SMILES string of the molecule is CCN1CCN(c2ccc(S(=O)(=O)N3CCCC(C)C3)cc2[N+](=O)[O-])CC1. The first-order valence-electron chi connectivity index (χ1n) is 9.58. The predicted molar refractivity (Wildman–Crippen MR) is 105 cm³/mol. The fourth-order valence-electron chi connectivity index (χ4n) is 3.90. The third-order valence-electron chi connectivity index (χ3n) is 5.56. The van der Waals surface area contributed by atoms with Crippen LogP contribution in [0, 0.1) is 16.0 Å². The zero-order chi connectivity index (χ0) is 19.6. The van der Waals surface area contributed by atoms with Gasteiger partial charge in [0.05, 0.1) is 9.82 Å². The molecule has 27 heavy (non-hydrogen) atoms. The van der Waals surface area contributed by atoms with Crippen LogP contribution in [-0.2, 0) is 10.0 Å². The molecule has 0 N–H and O–H groups in total. The van der Waals surface area contributed by atoms with Crippen LogP contribution in [0.1, 0.15) is 26.7 Å². The van der Waals surface area contributed by atoms with Crippen LogP contribution in [-0.4, -0.2) is 68.4 Å². The lowest BCUT2D eigenvalue weighted by molar-refractivity contribution is -0.384. The quantitative estimate of drug-likeness (QED) is 0.560. The summed E-state index contributed by atoms with van der Waals surface area (Å²) in [5.74, 6) is 0.303. The fourth-order valence-corrected chi connectivity index (χ4v) is 5.51. The van der Waals surface area contributed by atoms with Crippen molar-refractivity contribution in [2.45, 2.75) is 31.6 Å². The van der Waals surface area contributed by atoms with Gasteiger partial charge in [-0.2, -0.15) is 4.31 Å². The molecule has 1 aromatic rings. The van der Waals surface area contributed by atoms with Crippen LogP contribution in [0.25, 0.3) is 0 Å². The Hall–Kier alpha value is -1.71. The van der Waals surface area contributed by atoms with Crippen LogP contribution in [0.2, 0.25) is 0 Å². The number of anilines is 1. The summed E-state index contributed by atoms with van der Waals surface area (Å²) in [6.07, 6.45) is 1.83. The van der Waals surface area contributed by atoms with Gasteiger partial charge in [-0.15, -0.1) is 0 Å². The normalized spacial score (nSPS) is 22.7. The zero-order valence-electron chi connectivity index (χ0n) is 16.0. The van der Waals surface area contributed by atoms with Crippen LogP contribution < -0.4 is 4.90 Å². The lowest BCUT2D eigenvalue weighted by atomic mass is 10.0. The molecule has 0 saturated carbocycles. The van der Waals surface area contributed by atoms with Gasteiger partial charge >= 0.3 is 0 Å². The summed E-state index contributed by atoms with van der Waals surface area (Å²) in [7, 11) is -3.71. The average Bonchev–Trinajstić information content (AvgIpc) is 2.67. The predicted octanol–water partition coefficient (Wildman–Crippen LogP) is 2.16. The average molecular weight is 397 g/mol. The van der Waals surface area contributed by atoms with Crippen LogP contribution in [0.5, 0.6) is 0 Å². The molecule has 0 aliphatic carbocycles. The van der Waals surface area contributed by atoms with Gasteiger partial charge in [-0.1, -0.05) is 13.8 Å². The summed E-state index contributed by atoms with van der Waals surface area (Å²) < 4.78 is 27.4. The molecule has 8 nitrogen and oxygen atoms in total. The Bertz CT molecular complexity index is 791. The largest absolute Gasteiger partial charge is 0.363 e. The topological polar surface area (TPSA) is 87.0 Å². The molecule has 1 atom stereocenters. The van der Waals surface area contributed by atoms with Crippen molar-refractivity contribution in [3.8, 4) is 0 Å². The van der Waals surface area contributed by atoms with Crippen molar-refractivity contribution in [1.29, 1.82) is 0 Å². The van der Waals surface area contributed by atoms with Gasteiger partial charge in [0.25, 0.3) is 5.69 Å². The van der Waals surface area contributed by atoms with Crippen molar-refractivity contribution in [3.05, 3.63) is 28.3 Å². The minimum Gasteiger partial charge on any atom is -0.363 e. The molecule has 150 valence electrons. The summed E-state index contributed by atoms with van der Waals surface area (Å²) >= 11 is 0. The third kappa shape index (κ3) is 4.25. The minimum absolute atomic E-state index is 0.0132. The van der Waals surface area contributed by atoms with Crippen molar-refractivity contribution in [3.63, 3.8) is 0 Å². The van der Waals surface area contributed by atoms with Crippen molar-refractivity contribution < 1.29 is 13.3 Å². The van der Waals surface area contributed by atoms with Gasteiger partial charge < -0.3 is 9.80 Å². The molecule has 1 aromatic carbocycles. The molecular formula is C18H28N4O4S. The molecule has 2 aliphatic rings. The number of sulfonamides is 1. The second kappa shape index (κ2) is 8.12. The van der Waals surface area contributed by atoms with E-state index in [2.05, 4.69) is 11.8 Å². The highest BCUT2D eigenvalue weighted by atomic mass is 32.2. The van der Waals surface area contributed by atoms with Gasteiger partial charge in [-0.25, -0.2) is 8.42 Å². The maximum Gasteiger partial charge on any atom is 0.293 e. The number of likely N-dealkylation sites (N-methyl/N-ethyl adjacent to an activating group) is 1. The van der Waals surface area contributed by atoms with Gasteiger partial charge in [-0.3, -0.25) is 10.1 Å². The Morgan fingerprint density at radius 1 is 1.19 bits per heavy atom. The van der Waals surface area contributed by atoms with Gasteiger partial charge in [0.2, 0.25) is 10.0 Å². The van der Waals surface area contributed by atoms with E-state index < -0.39 is 14.9 Å². The van der Waals surface area contributed by atoms with Crippen molar-refractivity contribution >= 4 is 21.4 Å². The van der Waals surface area contributed by atoms with E-state index in [1.165, 1.54) is 16.4 Å². The van der Waals surface area contributed by atoms with E-state index in [1.54, 1.807) is 6.07 Å². The highest BCUT2D eigenvalue weighted by molar-refractivity contribution is 7.89.